The lowest BCUT2D eigenvalue weighted by Crippen LogP contribution is -2.40. The summed E-state index contributed by atoms with van der Waals surface area (Å²) in [5.41, 5.74) is 1.69. The first-order valence-corrected chi connectivity index (χ1v) is 10.5. The number of hydrogen-bond donors (Lipinski definition) is 0. The smallest absolute Gasteiger partial charge is 0.272 e. The van der Waals surface area contributed by atoms with Gasteiger partial charge >= 0.3 is 0 Å². The van der Waals surface area contributed by atoms with Crippen molar-refractivity contribution in [3.05, 3.63) is 65.6 Å². The number of likely N-dealkylation sites (tertiary alicyclic amines) is 1. The van der Waals surface area contributed by atoms with Crippen molar-refractivity contribution in [3.63, 3.8) is 0 Å². The van der Waals surface area contributed by atoms with Gasteiger partial charge in [-0.05, 0) is 38.8 Å². The lowest BCUT2D eigenvalue weighted by atomic mass is 9.97. The summed E-state index contributed by atoms with van der Waals surface area (Å²) >= 11 is 0. The van der Waals surface area contributed by atoms with Gasteiger partial charge in [-0.1, -0.05) is 18.2 Å². The van der Waals surface area contributed by atoms with E-state index in [1.54, 1.807) is 30.3 Å². The second kappa shape index (κ2) is 8.73. The van der Waals surface area contributed by atoms with Crippen molar-refractivity contribution in [1.29, 1.82) is 0 Å². The maximum Gasteiger partial charge on any atom is 0.272 e. The van der Waals surface area contributed by atoms with E-state index in [2.05, 4.69) is 10.1 Å². The fourth-order valence-electron chi connectivity index (χ4n) is 4.05. The molecular weight excluding hydrogens is 380 g/mol. The van der Waals surface area contributed by atoms with E-state index in [1.807, 2.05) is 43.0 Å². The number of hydrogen-bond acceptors (Lipinski definition) is 5. The van der Waals surface area contributed by atoms with E-state index >= 15 is 0 Å². The Hall–Kier alpha value is -3.09. The number of oxazole rings is 1. The van der Waals surface area contributed by atoms with Crippen LogP contribution in [0.3, 0.4) is 0 Å². The van der Waals surface area contributed by atoms with Gasteiger partial charge in [0.25, 0.3) is 5.91 Å². The number of nitrogens with zero attached hydrogens (tertiary/aromatic N) is 4. The number of ether oxygens (including phenoxy) is 1. The lowest BCUT2D eigenvalue weighted by molar-refractivity contribution is 0.0683. The predicted molar refractivity (Wildman–Crippen MR) is 113 cm³/mol. The Kier molecular flexibility index (Phi) is 5.88. The van der Waals surface area contributed by atoms with E-state index in [1.165, 1.54) is 0 Å². The van der Waals surface area contributed by atoms with Gasteiger partial charge in [0.2, 0.25) is 0 Å². The third kappa shape index (κ3) is 4.10. The van der Waals surface area contributed by atoms with E-state index in [0.717, 1.165) is 36.5 Å². The van der Waals surface area contributed by atoms with Crippen LogP contribution in [0, 0.1) is 0 Å². The van der Waals surface area contributed by atoms with Crippen molar-refractivity contribution >= 4 is 5.91 Å². The van der Waals surface area contributed by atoms with Gasteiger partial charge in [0, 0.05) is 37.3 Å². The quantitative estimate of drug-likeness (QED) is 0.615. The first-order chi connectivity index (χ1) is 14.6. The van der Waals surface area contributed by atoms with Crippen LogP contribution in [0.4, 0.5) is 0 Å². The minimum Gasteiger partial charge on any atom is -0.496 e. The van der Waals surface area contributed by atoms with Gasteiger partial charge in [0.15, 0.2) is 5.89 Å². The molecule has 1 aliphatic heterocycles. The third-order valence-corrected chi connectivity index (χ3v) is 5.57. The van der Waals surface area contributed by atoms with Crippen LogP contribution in [0.5, 0.6) is 5.75 Å². The van der Waals surface area contributed by atoms with Gasteiger partial charge in [0.1, 0.15) is 17.2 Å². The van der Waals surface area contributed by atoms with Gasteiger partial charge in [0.05, 0.1) is 19.2 Å². The van der Waals surface area contributed by atoms with Crippen LogP contribution in [-0.4, -0.2) is 45.8 Å². The molecule has 30 heavy (non-hydrogen) atoms. The second-order valence-corrected chi connectivity index (χ2v) is 8.00. The summed E-state index contributed by atoms with van der Waals surface area (Å²) in [5, 5.41) is 4.29. The Bertz CT molecular complexity index is 1010. The van der Waals surface area contributed by atoms with Gasteiger partial charge in [-0.15, -0.1) is 0 Å². The molecule has 0 unspecified atom stereocenters. The number of benzene rings is 1. The van der Waals surface area contributed by atoms with Gasteiger partial charge in [-0.3, -0.25) is 9.48 Å². The predicted octanol–water partition coefficient (Wildman–Crippen LogP) is 4.07. The van der Waals surface area contributed by atoms with Gasteiger partial charge < -0.3 is 14.1 Å². The Morgan fingerprint density at radius 2 is 2.13 bits per heavy atom. The third-order valence-electron chi connectivity index (χ3n) is 5.57. The molecule has 0 saturated carbocycles. The summed E-state index contributed by atoms with van der Waals surface area (Å²) < 4.78 is 13.3. The summed E-state index contributed by atoms with van der Waals surface area (Å²) in [6, 6.07) is 9.85. The molecule has 1 amide bonds. The molecule has 3 aromatic rings. The molecule has 7 heteroatoms. The van der Waals surface area contributed by atoms with Gasteiger partial charge in [-0.25, -0.2) is 4.98 Å². The highest BCUT2D eigenvalue weighted by atomic mass is 16.5. The minimum atomic E-state index is 0.0201. The van der Waals surface area contributed by atoms with Crippen molar-refractivity contribution < 1.29 is 13.9 Å². The van der Waals surface area contributed by atoms with E-state index in [4.69, 9.17) is 9.15 Å². The average Bonchev–Trinajstić information content (AvgIpc) is 3.44. The summed E-state index contributed by atoms with van der Waals surface area (Å²) in [5.74, 6) is 2.47. The first-order valence-electron chi connectivity index (χ1n) is 10.5. The molecule has 0 radical (unpaired) electrons. The zero-order chi connectivity index (χ0) is 21.1. The van der Waals surface area contributed by atoms with E-state index < -0.39 is 0 Å². The Labute approximate surface area is 176 Å². The first kappa shape index (κ1) is 20.2. The van der Waals surface area contributed by atoms with E-state index in [-0.39, 0.29) is 17.9 Å². The molecule has 0 spiro atoms. The molecule has 158 valence electrons. The number of aromatic nitrogens is 3. The number of carbonyl (C=O) groups is 1. The largest absolute Gasteiger partial charge is 0.496 e. The molecule has 4 rings (SSSR count). The fraction of sp³-hybridized carbons (Fsp3) is 0.435. The van der Waals surface area contributed by atoms with Gasteiger partial charge in [-0.2, -0.15) is 5.10 Å². The van der Waals surface area contributed by atoms with Crippen molar-refractivity contribution in [3.8, 4) is 5.75 Å². The average molecular weight is 409 g/mol. The minimum absolute atomic E-state index is 0.0201. The molecule has 1 aromatic carbocycles. The number of carbonyl (C=O) groups excluding carboxylic acids is 1. The van der Waals surface area contributed by atoms with E-state index in [0.29, 0.717) is 24.6 Å². The number of rotatable bonds is 6. The monoisotopic (exact) mass is 408 g/mol. The highest BCUT2D eigenvalue weighted by Gasteiger charge is 2.30. The molecular formula is C23H28N4O3. The summed E-state index contributed by atoms with van der Waals surface area (Å²) in [6.45, 7) is 5.40. The highest BCUT2D eigenvalue weighted by molar-refractivity contribution is 5.92. The van der Waals surface area contributed by atoms with Crippen LogP contribution in [0.1, 0.15) is 66.4 Å². The van der Waals surface area contributed by atoms with Crippen molar-refractivity contribution in [2.24, 2.45) is 0 Å². The number of methoxy groups -OCH3 is 1. The van der Waals surface area contributed by atoms with Crippen molar-refractivity contribution in [2.45, 2.75) is 45.1 Å². The zero-order valence-electron chi connectivity index (χ0n) is 17.7. The maximum absolute atomic E-state index is 13.1. The Morgan fingerprint density at radius 1 is 1.30 bits per heavy atom. The molecule has 1 aliphatic rings. The normalized spacial score (nSPS) is 16.8. The van der Waals surface area contributed by atoms with Crippen LogP contribution < -0.4 is 4.74 Å². The summed E-state index contributed by atoms with van der Waals surface area (Å²) in [6.07, 6.45) is 5.99. The Morgan fingerprint density at radius 3 is 2.93 bits per heavy atom. The molecule has 3 heterocycles. The number of piperidine rings is 1. The van der Waals surface area contributed by atoms with Crippen LogP contribution in [0.15, 0.2) is 47.1 Å². The number of amides is 1. The highest BCUT2D eigenvalue weighted by Crippen LogP contribution is 2.29. The molecule has 7 nitrogen and oxygen atoms in total. The maximum atomic E-state index is 13.1. The van der Waals surface area contributed by atoms with E-state index in [9.17, 15) is 4.79 Å². The SMILES string of the molecule is COc1ccccc1Cc1cnc([C@H]2CCCN(C(=O)c3ccnn3C(C)C)C2)o1. The Balaban J connectivity index is 1.46. The molecule has 1 atom stereocenters. The molecule has 0 N–H and O–H groups in total. The van der Waals surface area contributed by atoms with Crippen LogP contribution >= 0.6 is 0 Å². The zero-order valence-corrected chi connectivity index (χ0v) is 17.7. The molecule has 0 bridgehead atoms. The standard InChI is InChI=1S/C23H28N4O3/c1-16(2)27-20(10-11-25-27)23(28)26-12-6-8-18(15-26)22-24-14-19(30-22)13-17-7-4-5-9-21(17)29-3/h4-5,7,9-11,14,16,18H,6,8,12-13,15H2,1-3H3/t18-/m0/s1. The van der Waals surface area contributed by atoms with Crippen LogP contribution in [-0.2, 0) is 6.42 Å². The molecule has 1 fully saturated rings. The number of para-hydroxylation sites is 1. The molecule has 2 aromatic heterocycles. The second-order valence-electron chi connectivity index (χ2n) is 8.00. The van der Waals surface area contributed by atoms with Crippen LogP contribution in [0.2, 0.25) is 0 Å². The molecule has 1 saturated heterocycles. The van der Waals surface area contributed by atoms with Crippen molar-refractivity contribution in [2.75, 3.05) is 20.2 Å². The summed E-state index contributed by atoms with van der Waals surface area (Å²) in [7, 11) is 1.67. The fourth-order valence-corrected chi connectivity index (χ4v) is 4.05. The lowest BCUT2D eigenvalue weighted by Gasteiger charge is -2.31. The topological polar surface area (TPSA) is 73.4 Å². The summed E-state index contributed by atoms with van der Waals surface area (Å²) in [4.78, 5) is 19.5. The van der Waals surface area contributed by atoms with Crippen LogP contribution in [0.25, 0.3) is 0 Å². The van der Waals surface area contributed by atoms with Crippen molar-refractivity contribution in [1.82, 2.24) is 19.7 Å². The molecule has 0 aliphatic carbocycles.